The fraction of sp³-hybridized carbons (Fsp3) is 0.593. The maximum Gasteiger partial charge on any atom is 0.243 e. The van der Waals surface area contributed by atoms with Gasteiger partial charge in [0.05, 0.1) is 23.8 Å². The number of aromatic nitrogens is 2. The van der Waals surface area contributed by atoms with E-state index in [2.05, 4.69) is 38.8 Å². The van der Waals surface area contributed by atoms with Gasteiger partial charge in [0.15, 0.2) is 14.1 Å². The zero-order chi connectivity index (χ0) is 25.6. The molecule has 0 N–H and O–H groups in total. The summed E-state index contributed by atoms with van der Waals surface area (Å²) in [5.41, 5.74) is 0.564. The molecule has 0 bridgehead atoms. The van der Waals surface area contributed by atoms with E-state index >= 15 is 0 Å². The normalized spacial score (nSPS) is 18.6. The van der Waals surface area contributed by atoms with Crippen molar-refractivity contribution in [3.63, 3.8) is 0 Å². The van der Waals surface area contributed by atoms with Crippen LogP contribution >= 0.6 is 11.6 Å². The Bertz CT molecular complexity index is 1090. The average Bonchev–Trinajstić information content (AvgIpc) is 2.98. The number of nitrogens with zero attached hydrogens (tertiary/aromatic N) is 3. The number of hydrogen-bond acceptors (Lipinski definition) is 5. The van der Waals surface area contributed by atoms with Crippen LogP contribution in [0.25, 0.3) is 0 Å². The highest BCUT2D eigenvalue weighted by Crippen LogP contribution is 2.47. The Hall–Kier alpha value is -1.96. The molecular weight excluding hydrogens is 478 g/mol. The molecule has 1 saturated carbocycles. The van der Waals surface area contributed by atoms with Crippen molar-refractivity contribution in [1.29, 1.82) is 0 Å². The highest BCUT2D eigenvalue weighted by atomic mass is 35.5. The third-order valence-corrected chi connectivity index (χ3v) is 12.5. The number of carbonyl (C=O) groups is 1. The smallest absolute Gasteiger partial charge is 0.243 e. The molecule has 8 heteroatoms. The van der Waals surface area contributed by atoms with E-state index in [1.807, 2.05) is 38.1 Å². The van der Waals surface area contributed by atoms with Crippen molar-refractivity contribution >= 4 is 37.3 Å². The summed E-state index contributed by atoms with van der Waals surface area (Å²) >= 11 is 6.66. The Morgan fingerprint density at radius 2 is 1.71 bits per heavy atom. The summed E-state index contributed by atoms with van der Waals surface area (Å²) in [6.45, 7) is 15.0. The summed E-state index contributed by atoms with van der Waals surface area (Å²) in [7, 11) is -2.00. The van der Waals surface area contributed by atoms with Crippen LogP contribution in [0.2, 0.25) is 23.3 Å². The van der Waals surface area contributed by atoms with Gasteiger partial charge in [-0.1, -0.05) is 38.8 Å². The molecule has 1 aromatic heterocycles. The van der Waals surface area contributed by atoms with Crippen molar-refractivity contribution in [3.8, 4) is 5.75 Å². The molecule has 0 atom stereocenters. The van der Waals surface area contributed by atoms with E-state index in [-0.39, 0.29) is 23.7 Å². The molecule has 1 aliphatic heterocycles. The molecule has 0 saturated heterocycles. The van der Waals surface area contributed by atoms with Crippen LogP contribution < -0.4 is 9.64 Å². The van der Waals surface area contributed by atoms with Crippen molar-refractivity contribution in [2.24, 2.45) is 0 Å². The number of amides is 1. The van der Waals surface area contributed by atoms with Gasteiger partial charge in [-0.3, -0.25) is 9.69 Å². The van der Waals surface area contributed by atoms with Gasteiger partial charge >= 0.3 is 0 Å². The molecule has 35 heavy (non-hydrogen) atoms. The summed E-state index contributed by atoms with van der Waals surface area (Å²) in [5.74, 6) is 1.78. The second-order valence-electron chi connectivity index (χ2n) is 11.8. The highest BCUT2D eigenvalue weighted by molar-refractivity contribution is 6.74. The van der Waals surface area contributed by atoms with E-state index in [1.54, 1.807) is 4.90 Å². The van der Waals surface area contributed by atoms with Crippen molar-refractivity contribution in [2.45, 2.75) is 103 Å². The molecular formula is C27H38ClN3O3Si. The van der Waals surface area contributed by atoms with Gasteiger partial charge in [-0.25, -0.2) is 9.97 Å². The first-order valence-corrected chi connectivity index (χ1v) is 15.9. The van der Waals surface area contributed by atoms with Gasteiger partial charge in [0.1, 0.15) is 16.7 Å². The average molecular weight is 516 g/mol. The molecule has 1 aliphatic carbocycles. The third-order valence-electron chi connectivity index (χ3n) is 7.78. The van der Waals surface area contributed by atoms with Gasteiger partial charge in [-0.05, 0) is 81.9 Å². The van der Waals surface area contributed by atoms with Gasteiger partial charge in [0.2, 0.25) is 5.91 Å². The second-order valence-corrected chi connectivity index (χ2v) is 17.0. The van der Waals surface area contributed by atoms with E-state index in [9.17, 15) is 4.79 Å². The molecule has 0 spiro atoms. The first-order chi connectivity index (χ1) is 16.3. The topological polar surface area (TPSA) is 64.6 Å². The maximum absolute atomic E-state index is 13.5. The molecule has 2 aromatic rings. The van der Waals surface area contributed by atoms with E-state index in [4.69, 9.17) is 25.7 Å². The number of ether oxygens (including phenoxy) is 1. The molecule has 0 radical (unpaired) electrons. The lowest BCUT2D eigenvalue weighted by atomic mass is 9.88. The third kappa shape index (κ3) is 5.13. The van der Waals surface area contributed by atoms with Crippen LogP contribution in [0, 0.1) is 0 Å². The Morgan fingerprint density at radius 1 is 1.09 bits per heavy atom. The fourth-order valence-corrected chi connectivity index (χ4v) is 5.80. The summed E-state index contributed by atoms with van der Waals surface area (Å²) in [6, 6.07) is 7.71. The maximum atomic E-state index is 13.5. The Morgan fingerprint density at radius 3 is 2.31 bits per heavy atom. The second kappa shape index (κ2) is 9.49. The van der Waals surface area contributed by atoms with Gasteiger partial charge in [0.25, 0.3) is 0 Å². The number of rotatable bonds is 6. The zero-order valence-corrected chi connectivity index (χ0v) is 23.8. The summed E-state index contributed by atoms with van der Waals surface area (Å²) in [5, 5.41) is 0.376. The summed E-state index contributed by atoms with van der Waals surface area (Å²) < 4.78 is 12.5. The van der Waals surface area contributed by atoms with Crippen LogP contribution in [-0.2, 0) is 21.2 Å². The Labute approximate surface area is 215 Å². The molecule has 1 aromatic carbocycles. The van der Waals surface area contributed by atoms with Crippen LogP contribution in [0.15, 0.2) is 24.3 Å². The van der Waals surface area contributed by atoms with Gasteiger partial charge in [-0.2, -0.15) is 0 Å². The monoisotopic (exact) mass is 515 g/mol. The van der Waals surface area contributed by atoms with Gasteiger partial charge in [-0.15, -0.1) is 0 Å². The summed E-state index contributed by atoms with van der Waals surface area (Å²) in [6.07, 6.45) is 6.21. The fourth-order valence-electron chi connectivity index (χ4n) is 4.46. The number of anilines is 2. The van der Waals surface area contributed by atoms with Crippen molar-refractivity contribution in [2.75, 3.05) is 4.90 Å². The lowest BCUT2D eigenvalue weighted by Gasteiger charge is -2.35. The number of carbonyl (C=O) groups excluding carboxylic acids is 1. The zero-order valence-electron chi connectivity index (χ0n) is 22.1. The van der Waals surface area contributed by atoms with Crippen molar-refractivity contribution < 1.29 is 14.0 Å². The van der Waals surface area contributed by atoms with Gasteiger partial charge < -0.3 is 9.16 Å². The van der Waals surface area contributed by atoms with Crippen molar-refractivity contribution in [1.82, 2.24) is 9.97 Å². The molecule has 190 valence electrons. The number of benzene rings is 1. The molecule has 2 heterocycles. The van der Waals surface area contributed by atoms with Crippen LogP contribution in [0.5, 0.6) is 5.75 Å². The summed E-state index contributed by atoms with van der Waals surface area (Å²) in [4.78, 5) is 24.5. The lowest BCUT2D eigenvalue weighted by molar-refractivity contribution is -0.121. The van der Waals surface area contributed by atoms with E-state index in [0.29, 0.717) is 22.4 Å². The first kappa shape index (κ1) is 26.1. The Kier molecular flexibility index (Phi) is 7.08. The van der Waals surface area contributed by atoms with E-state index in [0.717, 1.165) is 24.3 Å². The Balaban J connectivity index is 1.62. The molecule has 4 rings (SSSR count). The molecule has 1 fully saturated rings. The van der Waals surface area contributed by atoms with Crippen LogP contribution in [0.3, 0.4) is 0 Å². The quantitative estimate of drug-likeness (QED) is 0.298. The predicted octanol–water partition coefficient (Wildman–Crippen LogP) is 7.32. The number of hydrogen-bond donors (Lipinski definition) is 0. The van der Waals surface area contributed by atoms with Crippen LogP contribution in [0.1, 0.15) is 78.1 Å². The largest absolute Gasteiger partial charge is 0.490 e. The number of halogens is 1. The van der Waals surface area contributed by atoms with Gasteiger partial charge in [0, 0.05) is 5.56 Å². The van der Waals surface area contributed by atoms with Crippen molar-refractivity contribution in [3.05, 3.63) is 40.8 Å². The standard InChI is InChI=1S/C27H38ClN3O3Si/c1-26(2,3)35(6,7)33-17-21-29-23(28)22-24(30-21)31(25(32)27(22,4)5)18-13-15-20(16-14-18)34-19-11-9-8-10-12-19/h13-16,19H,8-12,17H2,1-7H3. The van der Waals surface area contributed by atoms with E-state index < -0.39 is 13.7 Å². The lowest BCUT2D eigenvalue weighted by Crippen LogP contribution is -2.40. The minimum Gasteiger partial charge on any atom is -0.490 e. The minimum atomic E-state index is -2.00. The van der Waals surface area contributed by atoms with Crippen LogP contribution in [0.4, 0.5) is 11.5 Å². The molecule has 0 unspecified atom stereocenters. The first-order valence-electron chi connectivity index (χ1n) is 12.6. The molecule has 6 nitrogen and oxygen atoms in total. The predicted molar refractivity (Wildman–Crippen MR) is 143 cm³/mol. The molecule has 2 aliphatic rings. The SMILES string of the molecule is CC1(C)C(=O)N(c2ccc(OC3CCCCC3)cc2)c2nc(CO[Si](C)(C)C(C)(C)C)nc(Cl)c21. The minimum absolute atomic E-state index is 0.0684. The van der Waals surface area contributed by atoms with Crippen LogP contribution in [-0.4, -0.2) is 30.3 Å². The molecule has 1 amide bonds. The van der Waals surface area contributed by atoms with E-state index in [1.165, 1.54) is 19.3 Å². The number of fused-ring (bicyclic) bond motifs is 1. The highest BCUT2D eigenvalue weighted by Gasteiger charge is 2.48.